The molecule has 30 heavy (non-hydrogen) atoms. The summed E-state index contributed by atoms with van der Waals surface area (Å²) in [5, 5.41) is 3.11. The van der Waals surface area contributed by atoms with Crippen molar-refractivity contribution in [3.05, 3.63) is 72.8 Å². The number of aryl methyl sites for hydroxylation is 1. The summed E-state index contributed by atoms with van der Waals surface area (Å²) in [5.74, 6) is 0. The third-order valence-corrected chi connectivity index (χ3v) is 6.51. The number of anilines is 1. The molecule has 1 atom stereocenters. The molecular formula is C24H33N3O2S. The Morgan fingerprint density at radius 1 is 1.03 bits per heavy atom. The molecule has 1 fully saturated rings. The van der Waals surface area contributed by atoms with E-state index in [-0.39, 0.29) is 0 Å². The highest BCUT2D eigenvalue weighted by Crippen LogP contribution is 2.17. The zero-order valence-electron chi connectivity index (χ0n) is 17.8. The molecule has 5 nitrogen and oxygen atoms in total. The van der Waals surface area contributed by atoms with E-state index in [0.717, 1.165) is 49.7 Å². The molecule has 1 aliphatic heterocycles. The van der Waals surface area contributed by atoms with E-state index in [4.69, 9.17) is 4.79 Å². The molecule has 1 saturated heterocycles. The molecule has 1 N–H and O–H groups in total. The summed E-state index contributed by atoms with van der Waals surface area (Å²) < 4.78 is 14.9. The van der Waals surface area contributed by atoms with Crippen LogP contribution in [0.3, 0.4) is 0 Å². The zero-order chi connectivity index (χ0) is 21.6. The van der Waals surface area contributed by atoms with Crippen molar-refractivity contribution in [2.45, 2.75) is 24.2 Å². The summed E-state index contributed by atoms with van der Waals surface area (Å²) in [5.41, 5.74) is 2.43. The van der Waals surface area contributed by atoms with E-state index < -0.39 is 11.0 Å². The summed E-state index contributed by atoms with van der Waals surface area (Å²) >= 11 is 0. The van der Waals surface area contributed by atoms with Crippen molar-refractivity contribution in [3.8, 4) is 0 Å². The standard InChI is InChI=1S/C21H29N3OS.C3H4O/c1-22-20-11-7-12-21(18-20)26(25)24-16-14-23(15-17-24)13-6-5-10-19-8-3-2-4-9-19;1-2-3-4/h2-4,7-9,11-12,18,22H,5-6,10,13-17H2,1H3;2-3H,1H2. The predicted molar refractivity (Wildman–Crippen MR) is 126 cm³/mol. The first-order valence-electron chi connectivity index (χ1n) is 10.4. The molecule has 6 heteroatoms. The van der Waals surface area contributed by atoms with E-state index in [1.807, 2.05) is 31.3 Å². The highest BCUT2D eigenvalue weighted by Gasteiger charge is 2.21. The Hall–Kier alpha value is -2.28. The normalized spacial score (nSPS) is 15.5. The lowest BCUT2D eigenvalue weighted by atomic mass is 10.1. The lowest BCUT2D eigenvalue weighted by Crippen LogP contribution is -2.47. The summed E-state index contributed by atoms with van der Waals surface area (Å²) in [6.07, 6.45) is 5.45. The number of nitrogens with zero attached hydrogens (tertiary/aromatic N) is 2. The topological polar surface area (TPSA) is 52.7 Å². The smallest absolute Gasteiger partial charge is 0.142 e. The van der Waals surface area contributed by atoms with Crippen LogP contribution in [-0.4, -0.2) is 59.5 Å². The number of hydrogen-bond donors (Lipinski definition) is 1. The number of carbonyl (C=O) groups excluding carboxylic acids is 1. The van der Waals surface area contributed by atoms with Gasteiger partial charge >= 0.3 is 0 Å². The van der Waals surface area contributed by atoms with Crippen LogP contribution in [0.4, 0.5) is 5.69 Å². The fraction of sp³-hybridized carbons (Fsp3) is 0.375. The Labute approximate surface area is 183 Å². The second-order valence-electron chi connectivity index (χ2n) is 7.11. The number of carbonyl (C=O) groups is 1. The van der Waals surface area contributed by atoms with Crippen molar-refractivity contribution in [3.63, 3.8) is 0 Å². The maximum Gasteiger partial charge on any atom is 0.142 e. The van der Waals surface area contributed by atoms with Gasteiger partial charge in [-0.15, -0.1) is 0 Å². The first-order chi connectivity index (χ1) is 14.7. The van der Waals surface area contributed by atoms with Gasteiger partial charge in [0.05, 0.1) is 4.90 Å². The number of allylic oxidation sites excluding steroid dienone is 1. The predicted octanol–water partition coefficient (Wildman–Crippen LogP) is 3.76. The molecule has 1 unspecified atom stereocenters. The van der Waals surface area contributed by atoms with Crippen LogP contribution in [0.25, 0.3) is 0 Å². The van der Waals surface area contributed by atoms with Gasteiger partial charge in [0.15, 0.2) is 0 Å². The minimum absolute atomic E-state index is 0.639. The van der Waals surface area contributed by atoms with Gasteiger partial charge < -0.3 is 10.2 Å². The van der Waals surface area contributed by atoms with Crippen molar-refractivity contribution in [1.82, 2.24) is 9.21 Å². The van der Waals surface area contributed by atoms with Crippen molar-refractivity contribution >= 4 is 23.0 Å². The fourth-order valence-corrected chi connectivity index (χ4v) is 4.55. The van der Waals surface area contributed by atoms with E-state index in [9.17, 15) is 4.21 Å². The first kappa shape index (κ1) is 24.0. The molecule has 0 saturated carbocycles. The highest BCUT2D eigenvalue weighted by atomic mass is 32.2. The third kappa shape index (κ3) is 8.22. The highest BCUT2D eigenvalue weighted by molar-refractivity contribution is 7.82. The fourth-order valence-electron chi connectivity index (χ4n) is 3.34. The number of benzene rings is 2. The quantitative estimate of drug-likeness (QED) is 0.376. The summed E-state index contributed by atoms with van der Waals surface area (Å²) in [7, 11) is 0.825. The molecule has 2 aromatic carbocycles. The Morgan fingerprint density at radius 2 is 1.73 bits per heavy atom. The van der Waals surface area contributed by atoms with Gasteiger partial charge in [0.2, 0.25) is 0 Å². The number of unbranched alkanes of at least 4 members (excludes halogenated alkanes) is 1. The number of hydrogen-bond acceptors (Lipinski definition) is 4. The maximum absolute atomic E-state index is 12.8. The first-order valence-corrected chi connectivity index (χ1v) is 11.6. The van der Waals surface area contributed by atoms with Crippen molar-refractivity contribution in [2.24, 2.45) is 0 Å². The van der Waals surface area contributed by atoms with Crippen molar-refractivity contribution in [2.75, 3.05) is 45.1 Å². The lowest BCUT2D eigenvalue weighted by Gasteiger charge is -2.33. The number of nitrogens with one attached hydrogen (secondary N) is 1. The largest absolute Gasteiger partial charge is 0.388 e. The van der Waals surface area contributed by atoms with Gasteiger partial charge in [-0.3, -0.25) is 4.79 Å². The van der Waals surface area contributed by atoms with Crippen LogP contribution < -0.4 is 5.32 Å². The average Bonchev–Trinajstić information content (AvgIpc) is 2.82. The molecular weight excluding hydrogens is 394 g/mol. The van der Waals surface area contributed by atoms with E-state index in [2.05, 4.69) is 51.4 Å². The van der Waals surface area contributed by atoms with E-state index in [1.54, 1.807) is 0 Å². The summed E-state index contributed by atoms with van der Waals surface area (Å²) in [6, 6.07) is 18.6. The molecule has 0 spiro atoms. The van der Waals surface area contributed by atoms with Crippen molar-refractivity contribution < 1.29 is 9.00 Å². The Morgan fingerprint density at radius 3 is 2.37 bits per heavy atom. The Kier molecular flexibility index (Phi) is 11.1. The van der Waals surface area contributed by atoms with Crippen LogP contribution >= 0.6 is 0 Å². The van der Waals surface area contributed by atoms with Gasteiger partial charge in [-0.2, -0.15) is 0 Å². The van der Waals surface area contributed by atoms with E-state index in [1.165, 1.54) is 24.5 Å². The van der Waals surface area contributed by atoms with Gasteiger partial charge in [-0.1, -0.05) is 43.0 Å². The second-order valence-corrected chi connectivity index (χ2v) is 8.60. The van der Waals surface area contributed by atoms with Crippen LogP contribution in [0.15, 0.2) is 72.1 Å². The summed E-state index contributed by atoms with van der Waals surface area (Å²) in [6.45, 7) is 8.00. The monoisotopic (exact) mass is 427 g/mol. The molecule has 162 valence electrons. The molecule has 0 aromatic heterocycles. The van der Waals surface area contributed by atoms with Crippen LogP contribution in [-0.2, 0) is 22.2 Å². The third-order valence-electron chi connectivity index (χ3n) is 5.02. The molecule has 3 rings (SSSR count). The van der Waals surface area contributed by atoms with Gasteiger partial charge in [-0.05, 0) is 55.6 Å². The molecule has 0 aliphatic carbocycles. The minimum atomic E-state index is -1.06. The number of piperazine rings is 1. The Balaban J connectivity index is 0.000000735. The SMILES string of the molecule is C=CC=O.CNc1cccc(S(=O)N2CCN(CCCCc3ccccc3)CC2)c1. The number of aldehydes is 1. The van der Waals surface area contributed by atoms with Crippen LogP contribution in [0, 0.1) is 0 Å². The van der Waals surface area contributed by atoms with E-state index in [0.29, 0.717) is 6.29 Å². The van der Waals surface area contributed by atoms with Gasteiger partial charge in [0.1, 0.15) is 17.3 Å². The van der Waals surface area contributed by atoms with Gasteiger partial charge in [0, 0.05) is 38.9 Å². The second kappa shape index (κ2) is 13.9. The van der Waals surface area contributed by atoms with Crippen molar-refractivity contribution in [1.29, 1.82) is 0 Å². The Bertz CT molecular complexity index is 784. The van der Waals surface area contributed by atoms with Crippen LogP contribution in [0.1, 0.15) is 18.4 Å². The lowest BCUT2D eigenvalue weighted by molar-refractivity contribution is -0.104. The molecule has 0 radical (unpaired) electrons. The number of rotatable bonds is 9. The van der Waals surface area contributed by atoms with Gasteiger partial charge in [0.25, 0.3) is 0 Å². The molecule has 0 bridgehead atoms. The maximum atomic E-state index is 12.8. The zero-order valence-corrected chi connectivity index (χ0v) is 18.7. The average molecular weight is 428 g/mol. The van der Waals surface area contributed by atoms with E-state index >= 15 is 0 Å². The van der Waals surface area contributed by atoms with Crippen LogP contribution in [0.2, 0.25) is 0 Å². The molecule has 0 amide bonds. The van der Waals surface area contributed by atoms with Crippen LogP contribution in [0.5, 0.6) is 0 Å². The van der Waals surface area contributed by atoms with Gasteiger partial charge in [-0.25, -0.2) is 8.51 Å². The minimum Gasteiger partial charge on any atom is -0.388 e. The molecule has 1 heterocycles. The molecule has 1 aliphatic rings. The molecule has 2 aromatic rings. The summed E-state index contributed by atoms with van der Waals surface area (Å²) in [4.78, 5) is 12.4.